The third-order valence-electron chi connectivity index (χ3n) is 2.65. The van der Waals surface area contributed by atoms with Gasteiger partial charge in [-0.15, -0.1) is 11.3 Å². The molecule has 6 heteroatoms. The van der Waals surface area contributed by atoms with Crippen molar-refractivity contribution < 1.29 is 0 Å². The maximum Gasteiger partial charge on any atom is 0.184 e. The summed E-state index contributed by atoms with van der Waals surface area (Å²) in [7, 11) is 0. The Bertz CT molecular complexity index is 407. The van der Waals surface area contributed by atoms with Crippen LogP contribution in [-0.2, 0) is 0 Å². The average molecular weight is 268 g/mol. The van der Waals surface area contributed by atoms with Gasteiger partial charge >= 0.3 is 0 Å². The number of hydrazone groups is 1. The second kappa shape index (κ2) is 5.97. The SMILES string of the molecule is NC(=S)NN=Cc1ccc(N2CCCCC2)s1. The van der Waals surface area contributed by atoms with Crippen LogP contribution in [0.3, 0.4) is 0 Å². The van der Waals surface area contributed by atoms with Gasteiger partial charge in [0.15, 0.2) is 5.11 Å². The van der Waals surface area contributed by atoms with Crippen molar-refractivity contribution in [3.05, 3.63) is 17.0 Å². The molecule has 92 valence electrons. The molecule has 17 heavy (non-hydrogen) atoms. The first-order valence-electron chi connectivity index (χ1n) is 5.69. The van der Waals surface area contributed by atoms with Crippen molar-refractivity contribution in [1.82, 2.24) is 5.43 Å². The van der Waals surface area contributed by atoms with Crippen LogP contribution in [0.2, 0.25) is 0 Å². The molecule has 0 atom stereocenters. The number of piperidine rings is 1. The Morgan fingerprint density at radius 2 is 2.18 bits per heavy atom. The number of thiocarbonyl (C=S) groups is 1. The van der Waals surface area contributed by atoms with Crippen LogP contribution in [0.15, 0.2) is 17.2 Å². The van der Waals surface area contributed by atoms with Crippen molar-refractivity contribution in [3.8, 4) is 0 Å². The lowest BCUT2D eigenvalue weighted by Gasteiger charge is -2.27. The quantitative estimate of drug-likeness (QED) is 0.499. The molecule has 1 aromatic heterocycles. The van der Waals surface area contributed by atoms with Crippen molar-refractivity contribution in [2.45, 2.75) is 19.3 Å². The normalized spacial score (nSPS) is 16.4. The molecule has 2 rings (SSSR count). The van der Waals surface area contributed by atoms with E-state index < -0.39 is 0 Å². The molecule has 1 saturated heterocycles. The fraction of sp³-hybridized carbons (Fsp3) is 0.455. The van der Waals surface area contributed by atoms with Gasteiger partial charge in [0.05, 0.1) is 11.2 Å². The first-order chi connectivity index (χ1) is 8.25. The minimum absolute atomic E-state index is 0.189. The molecular formula is C11H16N4S2. The van der Waals surface area contributed by atoms with E-state index in [1.165, 1.54) is 37.4 Å². The van der Waals surface area contributed by atoms with E-state index in [2.05, 4.69) is 39.8 Å². The van der Waals surface area contributed by atoms with Crippen molar-refractivity contribution in [2.75, 3.05) is 18.0 Å². The first-order valence-corrected chi connectivity index (χ1v) is 6.91. The van der Waals surface area contributed by atoms with Gasteiger partial charge in [-0.1, -0.05) is 0 Å². The third-order valence-corrected chi connectivity index (χ3v) is 3.82. The van der Waals surface area contributed by atoms with Crippen LogP contribution in [0, 0.1) is 0 Å². The van der Waals surface area contributed by atoms with Crippen molar-refractivity contribution in [2.24, 2.45) is 10.8 Å². The van der Waals surface area contributed by atoms with E-state index in [1.54, 1.807) is 17.6 Å². The van der Waals surface area contributed by atoms with Gasteiger partial charge in [-0.2, -0.15) is 5.10 Å². The van der Waals surface area contributed by atoms with Gasteiger partial charge in [0.2, 0.25) is 0 Å². The molecule has 0 unspecified atom stereocenters. The summed E-state index contributed by atoms with van der Waals surface area (Å²) in [5.41, 5.74) is 7.83. The zero-order valence-corrected chi connectivity index (χ0v) is 11.2. The summed E-state index contributed by atoms with van der Waals surface area (Å²) in [5.74, 6) is 0. The Morgan fingerprint density at radius 1 is 1.41 bits per heavy atom. The second-order valence-corrected chi connectivity index (χ2v) is 5.49. The molecule has 0 saturated carbocycles. The number of nitrogens with two attached hydrogens (primary N) is 1. The maximum atomic E-state index is 5.28. The van der Waals surface area contributed by atoms with Crippen LogP contribution < -0.4 is 16.1 Å². The van der Waals surface area contributed by atoms with Gasteiger partial charge in [-0.3, -0.25) is 5.43 Å². The lowest BCUT2D eigenvalue weighted by molar-refractivity contribution is 0.580. The molecule has 0 spiro atoms. The highest BCUT2D eigenvalue weighted by Crippen LogP contribution is 2.27. The van der Waals surface area contributed by atoms with Crippen LogP contribution in [-0.4, -0.2) is 24.4 Å². The lowest BCUT2D eigenvalue weighted by Crippen LogP contribution is -2.28. The number of hydrogen-bond acceptors (Lipinski definition) is 4. The fourth-order valence-electron chi connectivity index (χ4n) is 1.86. The highest BCUT2D eigenvalue weighted by atomic mass is 32.1. The Kier molecular flexibility index (Phi) is 4.33. The summed E-state index contributed by atoms with van der Waals surface area (Å²) in [4.78, 5) is 3.54. The van der Waals surface area contributed by atoms with Crippen LogP contribution in [0.5, 0.6) is 0 Å². The lowest BCUT2D eigenvalue weighted by atomic mass is 10.1. The van der Waals surface area contributed by atoms with Crippen LogP contribution >= 0.6 is 23.6 Å². The van der Waals surface area contributed by atoms with Gasteiger partial charge in [-0.05, 0) is 43.6 Å². The molecule has 0 amide bonds. The average Bonchev–Trinajstić information content (AvgIpc) is 2.78. The fourth-order valence-corrected chi connectivity index (χ4v) is 2.84. The first kappa shape index (κ1) is 12.3. The molecule has 1 aliphatic heterocycles. The number of nitrogens with one attached hydrogen (secondary N) is 1. The highest BCUT2D eigenvalue weighted by Gasteiger charge is 2.12. The number of thiophene rings is 1. The predicted octanol–water partition coefficient (Wildman–Crippen LogP) is 1.91. The van der Waals surface area contributed by atoms with Gasteiger partial charge in [-0.25, -0.2) is 0 Å². The molecule has 0 radical (unpaired) electrons. The van der Waals surface area contributed by atoms with E-state index in [1.807, 2.05) is 0 Å². The molecule has 0 aliphatic carbocycles. The maximum absolute atomic E-state index is 5.28. The number of anilines is 1. The molecule has 1 aliphatic rings. The Morgan fingerprint density at radius 3 is 2.88 bits per heavy atom. The smallest absolute Gasteiger partial charge is 0.184 e. The monoisotopic (exact) mass is 268 g/mol. The van der Waals surface area contributed by atoms with Gasteiger partial charge in [0, 0.05) is 18.0 Å². The summed E-state index contributed by atoms with van der Waals surface area (Å²) in [6.07, 6.45) is 5.69. The molecular weight excluding hydrogens is 252 g/mol. The Balaban J connectivity index is 1.95. The Hall–Kier alpha value is -1.14. The molecule has 3 N–H and O–H groups in total. The summed E-state index contributed by atoms with van der Waals surface area (Å²) in [6.45, 7) is 2.34. The van der Waals surface area contributed by atoms with E-state index in [0.717, 1.165) is 4.88 Å². The van der Waals surface area contributed by atoms with E-state index in [-0.39, 0.29) is 5.11 Å². The second-order valence-electron chi connectivity index (χ2n) is 3.96. The van der Waals surface area contributed by atoms with Gasteiger partial charge in [0.25, 0.3) is 0 Å². The van der Waals surface area contributed by atoms with Crippen LogP contribution in [0.25, 0.3) is 0 Å². The molecule has 0 bridgehead atoms. The molecule has 1 fully saturated rings. The Labute approximate surface area is 110 Å². The highest BCUT2D eigenvalue weighted by molar-refractivity contribution is 7.80. The van der Waals surface area contributed by atoms with Crippen LogP contribution in [0.1, 0.15) is 24.1 Å². The zero-order valence-electron chi connectivity index (χ0n) is 9.56. The van der Waals surface area contributed by atoms with Crippen LogP contribution in [0.4, 0.5) is 5.00 Å². The summed E-state index contributed by atoms with van der Waals surface area (Å²) >= 11 is 6.41. The largest absolute Gasteiger partial charge is 0.375 e. The van der Waals surface area contributed by atoms with Crippen molar-refractivity contribution in [1.29, 1.82) is 0 Å². The number of hydrogen-bond donors (Lipinski definition) is 2. The minimum Gasteiger partial charge on any atom is -0.375 e. The van der Waals surface area contributed by atoms with E-state index in [4.69, 9.17) is 5.73 Å². The summed E-state index contributed by atoms with van der Waals surface area (Å²) < 4.78 is 0. The molecule has 4 nitrogen and oxygen atoms in total. The number of rotatable bonds is 3. The van der Waals surface area contributed by atoms with Gasteiger partial charge in [0.1, 0.15) is 0 Å². The summed E-state index contributed by atoms with van der Waals surface area (Å²) in [5, 5.41) is 5.46. The van der Waals surface area contributed by atoms with Crippen molar-refractivity contribution >= 4 is 39.9 Å². The van der Waals surface area contributed by atoms with Crippen molar-refractivity contribution in [3.63, 3.8) is 0 Å². The molecule has 2 heterocycles. The summed E-state index contributed by atoms with van der Waals surface area (Å²) in [6, 6.07) is 4.22. The minimum atomic E-state index is 0.189. The van der Waals surface area contributed by atoms with E-state index >= 15 is 0 Å². The zero-order chi connectivity index (χ0) is 12.1. The third kappa shape index (κ3) is 3.67. The van der Waals surface area contributed by atoms with Gasteiger partial charge < -0.3 is 10.6 Å². The van der Waals surface area contributed by atoms with E-state index in [9.17, 15) is 0 Å². The standard InChI is InChI=1S/C11H16N4S2/c12-11(16)14-13-8-9-4-5-10(17-9)15-6-2-1-3-7-15/h4-5,8H,1-3,6-7H2,(H3,12,14,16). The topological polar surface area (TPSA) is 53.6 Å². The number of nitrogens with zero attached hydrogens (tertiary/aromatic N) is 2. The predicted molar refractivity (Wildman–Crippen MR) is 77.9 cm³/mol. The van der Waals surface area contributed by atoms with E-state index in [0.29, 0.717) is 0 Å². The molecule has 0 aromatic carbocycles. The molecule has 1 aromatic rings.